The van der Waals surface area contributed by atoms with Gasteiger partial charge in [-0.25, -0.2) is 0 Å². The van der Waals surface area contributed by atoms with Crippen LogP contribution in [-0.4, -0.2) is 29.2 Å². The van der Waals surface area contributed by atoms with E-state index in [0.717, 1.165) is 0 Å². The number of aryl methyl sites for hydroxylation is 1. The topological polar surface area (TPSA) is 98.9 Å². The van der Waals surface area contributed by atoms with Crippen molar-refractivity contribution in [2.75, 3.05) is 13.2 Å². The van der Waals surface area contributed by atoms with Gasteiger partial charge in [-0.1, -0.05) is 18.2 Å². The van der Waals surface area contributed by atoms with Crippen molar-refractivity contribution in [1.82, 2.24) is 0 Å². The van der Waals surface area contributed by atoms with E-state index in [1.807, 2.05) is 0 Å². The highest BCUT2D eigenvalue weighted by Gasteiger charge is 2.24. The van der Waals surface area contributed by atoms with Crippen molar-refractivity contribution in [2.45, 2.75) is 19.3 Å². The smallest absolute Gasteiger partial charge is 0.311 e. The minimum absolute atomic E-state index is 0.0104. The predicted molar refractivity (Wildman–Crippen MR) is 89.3 cm³/mol. The SMILES string of the molecule is Cc1ccc(CC(C(=O)O)c2ccc3c(c2)OCCO3)cc1[N+](=O)[O-]. The van der Waals surface area contributed by atoms with Gasteiger partial charge in [0.1, 0.15) is 13.2 Å². The number of fused-ring (bicyclic) bond motifs is 1. The van der Waals surface area contributed by atoms with Crippen molar-refractivity contribution in [3.8, 4) is 11.5 Å². The summed E-state index contributed by atoms with van der Waals surface area (Å²) in [6.45, 7) is 2.53. The van der Waals surface area contributed by atoms with Crippen LogP contribution in [0.25, 0.3) is 0 Å². The molecule has 0 amide bonds. The van der Waals surface area contributed by atoms with E-state index in [4.69, 9.17) is 9.47 Å². The number of nitro benzene ring substituents is 1. The summed E-state index contributed by atoms with van der Waals surface area (Å²) in [5.41, 5.74) is 1.70. The molecular formula is C18H17NO6. The van der Waals surface area contributed by atoms with Crippen molar-refractivity contribution < 1.29 is 24.3 Å². The Kier molecular flexibility index (Phi) is 4.56. The fraction of sp³-hybridized carbons (Fsp3) is 0.278. The molecule has 7 nitrogen and oxygen atoms in total. The zero-order valence-corrected chi connectivity index (χ0v) is 13.6. The fourth-order valence-corrected chi connectivity index (χ4v) is 2.84. The van der Waals surface area contributed by atoms with Crippen LogP contribution in [0.2, 0.25) is 0 Å². The average molecular weight is 343 g/mol. The van der Waals surface area contributed by atoms with Gasteiger partial charge in [0, 0.05) is 11.6 Å². The summed E-state index contributed by atoms with van der Waals surface area (Å²) >= 11 is 0. The maximum atomic E-state index is 11.8. The van der Waals surface area contributed by atoms with Gasteiger partial charge in [0.25, 0.3) is 5.69 Å². The molecule has 130 valence electrons. The van der Waals surface area contributed by atoms with Gasteiger partial charge in [-0.05, 0) is 36.6 Å². The van der Waals surface area contributed by atoms with Crippen molar-refractivity contribution in [3.05, 3.63) is 63.2 Å². The number of carboxylic acid groups (broad SMARTS) is 1. The van der Waals surface area contributed by atoms with E-state index >= 15 is 0 Å². The number of ether oxygens (including phenoxy) is 2. The van der Waals surface area contributed by atoms with Crippen LogP contribution in [-0.2, 0) is 11.2 Å². The highest BCUT2D eigenvalue weighted by molar-refractivity contribution is 5.77. The molecule has 2 aromatic rings. The zero-order chi connectivity index (χ0) is 18.0. The number of aliphatic carboxylic acids is 1. The summed E-state index contributed by atoms with van der Waals surface area (Å²) in [5, 5.41) is 20.7. The van der Waals surface area contributed by atoms with Crippen LogP contribution >= 0.6 is 0 Å². The first-order chi connectivity index (χ1) is 12.0. The summed E-state index contributed by atoms with van der Waals surface area (Å²) in [7, 11) is 0. The molecule has 0 saturated carbocycles. The molecule has 2 aromatic carbocycles. The molecule has 1 unspecified atom stereocenters. The molecule has 0 radical (unpaired) electrons. The zero-order valence-electron chi connectivity index (χ0n) is 13.6. The van der Waals surface area contributed by atoms with Crippen molar-refractivity contribution >= 4 is 11.7 Å². The molecule has 0 bridgehead atoms. The molecular weight excluding hydrogens is 326 g/mol. The number of nitrogens with zero attached hydrogens (tertiary/aromatic N) is 1. The lowest BCUT2D eigenvalue weighted by Gasteiger charge is -2.20. The van der Waals surface area contributed by atoms with E-state index in [0.29, 0.717) is 41.4 Å². The third-order valence-corrected chi connectivity index (χ3v) is 4.18. The molecule has 1 atom stereocenters. The molecule has 0 fully saturated rings. The highest BCUT2D eigenvalue weighted by atomic mass is 16.6. The number of benzene rings is 2. The molecule has 25 heavy (non-hydrogen) atoms. The molecule has 7 heteroatoms. The number of nitro groups is 1. The Balaban J connectivity index is 1.91. The lowest BCUT2D eigenvalue weighted by molar-refractivity contribution is -0.385. The van der Waals surface area contributed by atoms with Gasteiger partial charge in [0.15, 0.2) is 11.5 Å². The van der Waals surface area contributed by atoms with Crippen LogP contribution < -0.4 is 9.47 Å². The third-order valence-electron chi connectivity index (χ3n) is 4.18. The van der Waals surface area contributed by atoms with E-state index in [-0.39, 0.29) is 12.1 Å². The van der Waals surface area contributed by atoms with E-state index in [2.05, 4.69) is 0 Å². The van der Waals surface area contributed by atoms with Crippen LogP contribution in [0, 0.1) is 17.0 Å². The summed E-state index contributed by atoms with van der Waals surface area (Å²) in [5.74, 6) is -0.729. The Labute approximate surface area is 144 Å². The molecule has 0 saturated heterocycles. The minimum atomic E-state index is -1.00. The number of carboxylic acids is 1. The summed E-state index contributed by atoms with van der Waals surface area (Å²) < 4.78 is 10.9. The molecule has 1 heterocycles. The first-order valence-electron chi connectivity index (χ1n) is 7.82. The second-order valence-corrected chi connectivity index (χ2v) is 5.88. The van der Waals surface area contributed by atoms with Crippen molar-refractivity contribution in [3.63, 3.8) is 0 Å². The second kappa shape index (κ2) is 6.80. The van der Waals surface area contributed by atoms with E-state index in [1.54, 1.807) is 37.3 Å². The Morgan fingerprint density at radius 2 is 1.92 bits per heavy atom. The van der Waals surface area contributed by atoms with Gasteiger partial charge in [-0.3, -0.25) is 14.9 Å². The Morgan fingerprint density at radius 3 is 2.60 bits per heavy atom. The molecule has 0 aromatic heterocycles. The lowest BCUT2D eigenvalue weighted by atomic mass is 9.91. The van der Waals surface area contributed by atoms with Gasteiger partial charge in [0.05, 0.1) is 10.8 Å². The summed E-state index contributed by atoms with van der Waals surface area (Å²) in [6.07, 6.45) is 0.149. The van der Waals surface area contributed by atoms with E-state index in [9.17, 15) is 20.0 Å². The number of rotatable bonds is 5. The normalized spacial score (nSPS) is 14.0. The molecule has 1 aliphatic heterocycles. The first kappa shape index (κ1) is 16.8. The molecule has 0 spiro atoms. The fourth-order valence-electron chi connectivity index (χ4n) is 2.84. The monoisotopic (exact) mass is 343 g/mol. The maximum absolute atomic E-state index is 11.8. The van der Waals surface area contributed by atoms with Crippen LogP contribution in [0.5, 0.6) is 11.5 Å². The van der Waals surface area contributed by atoms with Crippen LogP contribution in [0.3, 0.4) is 0 Å². The van der Waals surface area contributed by atoms with Gasteiger partial charge in [-0.2, -0.15) is 0 Å². The molecule has 1 N–H and O–H groups in total. The Morgan fingerprint density at radius 1 is 1.20 bits per heavy atom. The van der Waals surface area contributed by atoms with Crippen LogP contribution in [0.4, 0.5) is 5.69 Å². The Bertz CT molecular complexity index is 832. The number of hydrogen-bond acceptors (Lipinski definition) is 5. The van der Waals surface area contributed by atoms with Gasteiger partial charge >= 0.3 is 5.97 Å². The predicted octanol–water partition coefficient (Wildman–Crippen LogP) is 3.09. The quantitative estimate of drug-likeness (QED) is 0.661. The highest BCUT2D eigenvalue weighted by Crippen LogP contribution is 2.34. The van der Waals surface area contributed by atoms with Crippen molar-refractivity contribution in [2.24, 2.45) is 0 Å². The average Bonchev–Trinajstić information content (AvgIpc) is 2.60. The van der Waals surface area contributed by atoms with Gasteiger partial charge < -0.3 is 14.6 Å². The maximum Gasteiger partial charge on any atom is 0.311 e. The third kappa shape index (κ3) is 3.55. The largest absolute Gasteiger partial charge is 0.486 e. The minimum Gasteiger partial charge on any atom is -0.486 e. The lowest BCUT2D eigenvalue weighted by Crippen LogP contribution is -2.18. The summed E-state index contributed by atoms with van der Waals surface area (Å²) in [6, 6.07) is 9.83. The van der Waals surface area contributed by atoms with E-state index < -0.39 is 16.8 Å². The van der Waals surface area contributed by atoms with Crippen LogP contribution in [0.1, 0.15) is 22.6 Å². The molecule has 0 aliphatic carbocycles. The van der Waals surface area contributed by atoms with Gasteiger partial charge in [-0.15, -0.1) is 0 Å². The second-order valence-electron chi connectivity index (χ2n) is 5.88. The standard InChI is InChI=1S/C18H17NO6/c1-11-2-3-12(9-15(11)19(22)23)8-14(18(20)21)13-4-5-16-17(10-13)25-7-6-24-16/h2-5,9-10,14H,6-8H2,1H3,(H,20,21). The first-order valence-corrected chi connectivity index (χ1v) is 7.82. The number of carbonyl (C=O) groups is 1. The molecule has 3 rings (SSSR count). The van der Waals surface area contributed by atoms with E-state index in [1.165, 1.54) is 6.07 Å². The van der Waals surface area contributed by atoms with Crippen LogP contribution in [0.15, 0.2) is 36.4 Å². The number of hydrogen-bond donors (Lipinski definition) is 1. The molecule has 1 aliphatic rings. The van der Waals surface area contributed by atoms with Gasteiger partial charge in [0.2, 0.25) is 0 Å². The summed E-state index contributed by atoms with van der Waals surface area (Å²) in [4.78, 5) is 22.4. The Hall–Kier alpha value is -3.09. The van der Waals surface area contributed by atoms with Crippen molar-refractivity contribution in [1.29, 1.82) is 0 Å².